The van der Waals surface area contributed by atoms with Crippen molar-refractivity contribution in [3.8, 4) is 17.9 Å². The van der Waals surface area contributed by atoms with Crippen LogP contribution in [0.5, 0.6) is 0 Å². The summed E-state index contributed by atoms with van der Waals surface area (Å²) in [7, 11) is 0. The van der Waals surface area contributed by atoms with Crippen molar-refractivity contribution in [2.75, 3.05) is 6.61 Å². The van der Waals surface area contributed by atoms with E-state index in [1.807, 2.05) is 6.07 Å². The molecule has 1 rings (SSSR count). The number of nitrogens with zero attached hydrogens (tertiary/aromatic N) is 1. The van der Waals surface area contributed by atoms with Gasteiger partial charge in [-0.3, -0.25) is 4.79 Å². The Bertz CT molecular complexity index is 595. The van der Waals surface area contributed by atoms with Crippen molar-refractivity contribution < 1.29 is 9.53 Å². The van der Waals surface area contributed by atoms with E-state index in [0.717, 1.165) is 19.3 Å². The number of nitriles is 1. The second-order valence-electron chi connectivity index (χ2n) is 4.41. The average Bonchev–Trinajstić information content (AvgIpc) is 2.48. The maximum atomic E-state index is 12.0. The molecule has 1 N–H and O–H groups in total. The van der Waals surface area contributed by atoms with Gasteiger partial charge in [-0.05, 0) is 24.6 Å². The van der Waals surface area contributed by atoms with E-state index in [4.69, 9.17) is 33.2 Å². The van der Waals surface area contributed by atoms with Gasteiger partial charge >= 0.3 is 0 Å². The van der Waals surface area contributed by atoms with Crippen molar-refractivity contribution in [3.63, 3.8) is 0 Å². The Morgan fingerprint density at radius 2 is 2.00 bits per heavy atom. The van der Waals surface area contributed by atoms with Crippen molar-refractivity contribution in [1.82, 2.24) is 5.32 Å². The number of hydrogen-bond acceptors (Lipinski definition) is 3. The van der Waals surface area contributed by atoms with Gasteiger partial charge in [-0.25, -0.2) is 0 Å². The van der Waals surface area contributed by atoms with Gasteiger partial charge in [0.15, 0.2) is 0 Å². The molecule has 0 aliphatic rings. The van der Waals surface area contributed by atoms with Crippen LogP contribution in [0.15, 0.2) is 18.2 Å². The summed E-state index contributed by atoms with van der Waals surface area (Å²) >= 11 is 11.7. The fraction of sp³-hybridized carbons (Fsp3) is 0.375. The maximum Gasteiger partial charge on any atom is 0.254 e. The van der Waals surface area contributed by atoms with Gasteiger partial charge in [-0.15, -0.1) is 5.92 Å². The molecule has 1 atom stereocenters. The lowest BCUT2D eigenvalue weighted by Gasteiger charge is -2.11. The Morgan fingerprint density at radius 3 is 2.59 bits per heavy atom. The molecule has 0 radical (unpaired) electrons. The predicted molar refractivity (Wildman–Crippen MR) is 86.6 cm³/mol. The molecule has 0 saturated carbocycles. The molecule has 0 aliphatic carbocycles. The first kappa shape index (κ1) is 18.3. The highest BCUT2D eigenvalue weighted by atomic mass is 35.5. The topological polar surface area (TPSA) is 62.1 Å². The summed E-state index contributed by atoms with van der Waals surface area (Å²) in [6.07, 6.45) is 1.82. The normalized spacial score (nSPS) is 11.0. The molecule has 1 aromatic rings. The molecule has 116 valence electrons. The second kappa shape index (κ2) is 10.1. The lowest BCUT2D eigenvalue weighted by Crippen LogP contribution is -2.36. The summed E-state index contributed by atoms with van der Waals surface area (Å²) in [5, 5.41) is 12.1. The highest BCUT2D eigenvalue weighted by Gasteiger charge is 2.14. The van der Waals surface area contributed by atoms with Crippen LogP contribution in [0.25, 0.3) is 0 Å². The number of carbonyl (C=O) groups excluding carboxylic acids is 1. The molecular formula is C16H16Cl2N2O2. The summed E-state index contributed by atoms with van der Waals surface area (Å²) in [6.45, 7) is 2.17. The molecule has 1 aromatic carbocycles. The van der Waals surface area contributed by atoms with E-state index in [-0.39, 0.29) is 12.2 Å². The van der Waals surface area contributed by atoms with Gasteiger partial charge < -0.3 is 10.1 Å². The van der Waals surface area contributed by atoms with Gasteiger partial charge in [0.2, 0.25) is 6.23 Å². The van der Waals surface area contributed by atoms with Crippen LogP contribution in [0.3, 0.4) is 0 Å². The van der Waals surface area contributed by atoms with Gasteiger partial charge in [0.25, 0.3) is 5.91 Å². The van der Waals surface area contributed by atoms with Crippen LogP contribution in [-0.4, -0.2) is 18.7 Å². The molecule has 0 spiro atoms. The van der Waals surface area contributed by atoms with E-state index in [1.54, 1.807) is 0 Å². The minimum absolute atomic E-state index is 0.0819. The summed E-state index contributed by atoms with van der Waals surface area (Å²) in [5.74, 6) is 5.24. The predicted octanol–water partition coefficient (Wildman–Crippen LogP) is 3.78. The van der Waals surface area contributed by atoms with Crippen molar-refractivity contribution in [2.24, 2.45) is 0 Å². The lowest BCUT2D eigenvalue weighted by atomic mass is 10.2. The quantitative estimate of drug-likeness (QED) is 0.487. The number of amides is 1. The van der Waals surface area contributed by atoms with Crippen LogP contribution in [-0.2, 0) is 4.74 Å². The Balaban J connectivity index is 2.53. The number of unbranched alkanes of at least 4 members (excludes halogenated alkanes) is 2. The number of hydrogen-bond donors (Lipinski definition) is 1. The Morgan fingerprint density at radius 1 is 1.32 bits per heavy atom. The van der Waals surface area contributed by atoms with Gasteiger partial charge in [-0.1, -0.05) is 42.5 Å². The lowest BCUT2D eigenvalue weighted by molar-refractivity contribution is 0.0684. The van der Waals surface area contributed by atoms with E-state index in [1.165, 1.54) is 18.2 Å². The Kier molecular flexibility index (Phi) is 8.40. The number of benzene rings is 1. The third kappa shape index (κ3) is 6.83. The van der Waals surface area contributed by atoms with Crippen LogP contribution in [0, 0.1) is 23.2 Å². The summed E-state index contributed by atoms with van der Waals surface area (Å²) < 4.78 is 5.19. The van der Waals surface area contributed by atoms with Gasteiger partial charge in [-0.2, -0.15) is 5.26 Å². The zero-order valence-corrected chi connectivity index (χ0v) is 13.7. The van der Waals surface area contributed by atoms with E-state index in [9.17, 15) is 4.79 Å². The van der Waals surface area contributed by atoms with E-state index < -0.39 is 12.1 Å². The third-order valence-electron chi connectivity index (χ3n) is 2.61. The summed E-state index contributed by atoms with van der Waals surface area (Å²) in [4.78, 5) is 12.0. The Labute approximate surface area is 140 Å². The molecule has 0 aromatic heterocycles. The average molecular weight is 339 g/mol. The standard InChI is InChI=1S/C16H16Cl2N2O2/c1-2-3-4-5-6-7-22-15(11-19)20-16(21)12-8-13(17)10-14(18)9-12/h8-10,15H,2-4,7H2,1H3,(H,20,21). The van der Waals surface area contributed by atoms with Crippen LogP contribution in [0.2, 0.25) is 10.0 Å². The zero-order valence-electron chi connectivity index (χ0n) is 12.2. The summed E-state index contributed by atoms with van der Waals surface area (Å²) in [6, 6.07) is 6.28. The van der Waals surface area contributed by atoms with Gasteiger partial charge in [0.05, 0.1) is 0 Å². The molecular weight excluding hydrogens is 323 g/mol. The van der Waals surface area contributed by atoms with Crippen molar-refractivity contribution in [3.05, 3.63) is 33.8 Å². The van der Waals surface area contributed by atoms with E-state index in [0.29, 0.717) is 10.0 Å². The number of halogens is 2. The number of rotatable bonds is 6. The number of carbonyl (C=O) groups is 1. The number of nitrogens with one attached hydrogen (secondary N) is 1. The molecule has 0 fully saturated rings. The summed E-state index contributed by atoms with van der Waals surface area (Å²) in [5.41, 5.74) is 0.260. The van der Waals surface area contributed by atoms with E-state index in [2.05, 4.69) is 24.1 Å². The fourth-order valence-electron chi connectivity index (χ4n) is 1.53. The molecule has 22 heavy (non-hydrogen) atoms. The third-order valence-corrected chi connectivity index (χ3v) is 3.04. The van der Waals surface area contributed by atoms with Gasteiger partial charge in [0.1, 0.15) is 12.7 Å². The molecule has 1 amide bonds. The first-order valence-electron chi connectivity index (χ1n) is 6.80. The van der Waals surface area contributed by atoms with Crippen LogP contribution >= 0.6 is 23.2 Å². The molecule has 4 nitrogen and oxygen atoms in total. The van der Waals surface area contributed by atoms with Gasteiger partial charge in [0, 0.05) is 22.0 Å². The van der Waals surface area contributed by atoms with E-state index >= 15 is 0 Å². The SMILES string of the molecule is CCCCC#CCOC(C#N)NC(=O)c1cc(Cl)cc(Cl)c1. The first-order chi connectivity index (χ1) is 10.6. The smallest absolute Gasteiger partial charge is 0.254 e. The molecule has 1 unspecified atom stereocenters. The van der Waals surface area contributed by atoms with Crippen molar-refractivity contribution in [2.45, 2.75) is 32.4 Å². The molecule has 0 aliphatic heterocycles. The first-order valence-corrected chi connectivity index (χ1v) is 7.56. The highest BCUT2D eigenvalue weighted by molar-refractivity contribution is 6.35. The zero-order chi connectivity index (χ0) is 16.4. The minimum atomic E-state index is -1.08. The van der Waals surface area contributed by atoms with Crippen molar-refractivity contribution >= 4 is 29.1 Å². The highest BCUT2D eigenvalue weighted by Crippen LogP contribution is 2.19. The molecule has 6 heteroatoms. The van der Waals surface area contributed by atoms with Crippen LogP contribution in [0.1, 0.15) is 36.5 Å². The molecule has 0 bridgehead atoms. The molecule has 0 saturated heterocycles. The molecule has 0 heterocycles. The second-order valence-corrected chi connectivity index (χ2v) is 5.28. The van der Waals surface area contributed by atoms with Crippen LogP contribution < -0.4 is 5.32 Å². The Hall–Kier alpha value is -1.72. The number of ether oxygens (including phenoxy) is 1. The van der Waals surface area contributed by atoms with Crippen molar-refractivity contribution in [1.29, 1.82) is 5.26 Å². The maximum absolute atomic E-state index is 12.0. The van der Waals surface area contributed by atoms with Crippen LogP contribution in [0.4, 0.5) is 0 Å². The largest absolute Gasteiger partial charge is 0.332 e. The monoisotopic (exact) mass is 338 g/mol. The minimum Gasteiger partial charge on any atom is -0.332 e. The fourth-order valence-corrected chi connectivity index (χ4v) is 2.05.